The number of rotatable bonds is 7. The van der Waals surface area contributed by atoms with Crippen LogP contribution in [0, 0.1) is 11.8 Å². The van der Waals surface area contributed by atoms with E-state index in [0.717, 1.165) is 11.8 Å². The first-order valence-electron chi connectivity index (χ1n) is 10.4. The summed E-state index contributed by atoms with van der Waals surface area (Å²) < 4.78 is 14.3. The Bertz CT molecular complexity index is 403. The molecule has 2 aliphatic carbocycles. The van der Waals surface area contributed by atoms with E-state index < -0.39 is 18.1 Å². The Morgan fingerprint density at radius 3 is 2.36 bits per heavy atom. The monoisotopic (exact) mass is 355 g/mol. The van der Waals surface area contributed by atoms with E-state index in [1.807, 2.05) is 0 Å². The minimum Gasteiger partial charge on any atom is -0.303 e. The molecule has 25 heavy (non-hydrogen) atoms. The van der Waals surface area contributed by atoms with Crippen LogP contribution in [-0.2, 0) is 0 Å². The highest BCUT2D eigenvalue weighted by atomic mass is 19.1. The van der Waals surface area contributed by atoms with Gasteiger partial charge in [-0.3, -0.25) is 21.3 Å². The van der Waals surface area contributed by atoms with E-state index in [1.54, 1.807) is 13.8 Å². The third-order valence-electron chi connectivity index (χ3n) is 6.42. The maximum atomic E-state index is 14.3. The summed E-state index contributed by atoms with van der Waals surface area (Å²) in [6.45, 7) is 3.17. The first kappa shape index (κ1) is 19.5. The summed E-state index contributed by atoms with van der Waals surface area (Å²) in [5, 5.41) is 13.3. The van der Waals surface area contributed by atoms with Gasteiger partial charge in [0, 0.05) is 6.04 Å². The highest BCUT2D eigenvalue weighted by molar-refractivity contribution is 4.92. The highest BCUT2D eigenvalue weighted by Crippen LogP contribution is 2.34. The van der Waals surface area contributed by atoms with Crippen molar-refractivity contribution in [2.75, 3.05) is 0 Å². The van der Waals surface area contributed by atoms with Crippen molar-refractivity contribution in [3.8, 4) is 0 Å². The second kappa shape index (κ2) is 8.61. The first-order valence-corrected chi connectivity index (χ1v) is 10.4. The fourth-order valence-corrected chi connectivity index (χ4v) is 4.57. The van der Waals surface area contributed by atoms with Gasteiger partial charge in [-0.1, -0.05) is 38.5 Å². The van der Waals surface area contributed by atoms with Crippen LogP contribution in [0.4, 0.5) is 4.39 Å². The van der Waals surface area contributed by atoms with Crippen molar-refractivity contribution in [3.63, 3.8) is 0 Å². The summed E-state index contributed by atoms with van der Waals surface area (Å²) in [5.74, 6) is 1.67. The average Bonchev–Trinajstić information content (AvgIpc) is 2.50. The van der Waals surface area contributed by atoms with E-state index >= 15 is 0 Å². The molecule has 4 unspecified atom stereocenters. The Hall–Kier alpha value is -0.270. The Morgan fingerprint density at radius 1 is 1.04 bits per heavy atom. The third-order valence-corrected chi connectivity index (χ3v) is 6.42. The lowest BCUT2D eigenvalue weighted by molar-refractivity contribution is 0.0481. The van der Waals surface area contributed by atoms with Gasteiger partial charge >= 0.3 is 0 Å². The summed E-state index contributed by atoms with van der Waals surface area (Å²) in [5.41, 5.74) is 4.67. The van der Waals surface area contributed by atoms with Crippen LogP contribution in [0.1, 0.15) is 78.1 Å². The van der Waals surface area contributed by atoms with Gasteiger partial charge in [0.15, 0.2) is 0 Å². The van der Waals surface area contributed by atoms with Crippen LogP contribution in [0.5, 0.6) is 0 Å². The lowest BCUT2D eigenvalue weighted by atomic mass is 9.76. The Morgan fingerprint density at radius 2 is 1.76 bits per heavy atom. The zero-order valence-corrected chi connectivity index (χ0v) is 16.0. The number of hydrogen-bond donors (Lipinski definition) is 5. The highest BCUT2D eigenvalue weighted by Gasteiger charge is 2.37. The minimum atomic E-state index is -1.37. The van der Waals surface area contributed by atoms with E-state index in [0.29, 0.717) is 6.04 Å². The molecule has 146 valence electrons. The molecule has 4 atom stereocenters. The maximum absolute atomic E-state index is 14.3. The quantitative estimate of drug-likeness (QED) is 0.485. The molecule has 0 spiro atoms. The van der Waals surface area contributed by atoms with Crippen molar-refractivity contribution in [2.24, 2.45) is 17.6 Å². The van der Waals surface area contributed by atoms with Gasteiger partial charge in [-0.2, -0.15) is 0 Å². The number of nitrogens with two attached hydrogens (primary N) is 1. The normalized spacial score (nSPS) is 33.8. The van der Waals surface area contributed by atoms with Crippen LogP contribution in [0.25, 0.3) is 0 Å². The van der Waals surface area contributed by atoms with Gasteiger partial charge in [0.25, 0.3) is 0 Å². The van der Waals surface area contributed by atoms with Crippen molar-refractivity contribution in [1.29, 1.82) is 0 Å². The molecule has 3 rings (SSSR count). The summed E-state index contributed by atoms with van der Waals surface area (Å²) in [7, 11) is 0. The Balaban J connectivity index is 1.53. The van der Waals surface area contributed by atoms with Crippen LogP contribution >= 0.6 is 0 Å². The van der Waals surface area contributed by atoms with Crippen LogP contribution < -0.4 is 27.0 Å². The minimum absolute atomic E-state index is 0.145. The molecule has 5 nitrogen and oxygen atoms in total. The molecule has 1 heterocycles. The molecule has 0 amide bonds. The topological polar surface area (TPSA) is 74.1 Å². The van der Waals surface area contributed by atoms with Gasteiger partial charge in [-0.15, -0.1) is 0 Å². The average molecular weight is 356 g/mol. The van der Waals surface area contributed by atoms with Crippen LogP contribution in [0.15, 0.2) is 0 Å². The van der Waals surface area contributed by atoms with Crippen molar-refractivity contribution < 1.29 is 4.39 Å². The van der Waals surface area contributed by atoms with Crippen molar-refractivity contribution in [3.05, 3.63) is 0 Å². The van der Waals surface area contributed by atoms with Gasteiger partial charge < -0.3 is 5.73 Å². The summed E-state index contributed by atoms with van der Waals surface area (Å²) >= 11 is 0. The van der Waals surface area contributed by atoms with Crippen LogP contribution in [-0.4, -0.2) is 30.5 Å². The predicted octanol–water partition coefficient (Wildman–Crippen LogP) is 2.49. The van der Waals surface area contributed by atoms with E-state index in [2.05, 4.69) is 21.3 Å². The van der Waals surface area contributed by atoms with Crippen LogP contribution in [0.3, 0.4) is 0 Å². The Labute approximate surface area is 152 Å². The summed E-state index contributed by atoms with van der Waals surface area (Å²) in [4.78, 5) is 0. The molecule has 3 fully saturated rings. The smallest absolute Gasteiger partial charge is 0.133 e. The van der Waals surface area contributed by atoms with E-state index in [-0.39, 0.29) is 6.29 Å². The molecular formula is C19H38FN5. The molecule has 0 aromatic heterocycles. The van der Waals surface area contributed by atoms with E-state index in [4.69, 9.17) is 5.73 Å². The molecule has 3 aliphatic rings. The van der Waals surface area contributed by atoms with Crippen molar-refractivity contribution in [2.45, 2.75) is 109 Å². The molecule has 1 aliphatic heterocycles. The molecule has 6 N–H and O–H groups in total. The lowest BCUT2D eigenvalue weighted by Crippen LogP contribution is -2.77. The van der Waals surface area contributed by atoms with E-state index in [1.165, 1.54) is 64.2 Å². The van der Waals surface area contributed by atoms with Crippen LogP contribution in [0.2, 0.25) is 0 Å². The Kier molecular flexibility index (Phi) is 6.71. The van der Waals surface area contributed by atoms with Crippen molar-refractivity contribution in [1.82, 2.24) is 21.3 Å². The molecule has 0 radical (unpaired) electrons. The number of halogens is 1. The third kappa shape index (κ3) is 5.60. The lowest BCUT2D eigenvalue weighted by Gasteiger charge is -2.44. The number of hydrogen-bond acceptors (Lipinski definition) is 5. The van der Waals surface area contributed by atoms with Gasteiger partial charge in [0.05, 0.1) is 6.17 Å². The van der Waals surface area contributed by atoms with Gasteiger partial charge in [0.1, 0.15) is 18.2 Å². The zero-order chi connectivity index (χ0) is 17.9. The molecule has 1 saturated heterocycles. The molecular weight excluding hydrogens is 317 g/mol. The molecule has 0 bridgehead atoms. The fraction of sp³-hybridized carbons (Fsp3) is 1.00. The largest absolute Gasteiger partial charge is 0.303 e. The second-order valence-corrected chi connectivity index (χ2v) is 8.95. The molecule has 2 saturated carbocycles. The summed E-state index contributed by atoms with van der Waals surface area (Å²) in [6, 6.07) is 0.495. The summed E-state index contributed by atoms with van der Waals surface area (Å²) in [6.07, 6.45) is 12.6. The van der Waals surface area contributed by atoms with Gasteiger partial charge in [-0.25, -0.2) is 4.39 Å². The zero-order valence-electron chi connectivity index (χ0n) is 16.0. The first-order chi connectivity index (χ1) is 11.9. The molecule has 6 heteroatoms. The molecule has 0 aromatic rings. The van der Waals surface area contributed by atoms with Gasteiger partial charge in [-0.05, 0) is 51.4 Å². The standard InChI is InChI=1S/C19H38FN5/c1-19(2,20)16-23-17(21)25-18(24-16)22-15(14-9-6-10-14)12-11-13-7-4-3-5-8-13/h13-18,22-25H,3-12,21H2,1-2H3. The van der Waals surface area contributed by atoms with Crippen molar-refractivity contribution >= 4 is 0 Å². The number of alkyl halides is 1. The van der Waals surface area contributed by atoms with Gasteiger partial charge in [0.2, 0.25) is 0 Å². The second-order valence-electron chi connectivity index (χ2n) is 8.95. The molecule has 0 aromatic carbocycles. The SMILES string of the molecule is CC(C)(F)C1NC(N)NC(NC(CCC2CCCCC2)C2CCC2)N1. The number of nitrogens with one attached hydrogen (secondary N) is 4. The maximum Gasteiger partial charge on any atom is 0.133 e. The predicted molar refractivity (Wildman–Crippen MR) is 100 cm³/mol. The van der Waals surface area contributed by atoms with E-state index in [9.17, 15) is 4.39 Å². The fourth-order valence-electron chi connectivity index (χ4n) is 4.57.